The van der Waals surface area contributed by atoms with Crippen LogP contribution in [0.5, 0.6) is 0 Å². The normalized spacial score (nSPS) is 12.4. The third-order valence-electron chi connectivity index (χ3n) is 3.06. The lowest BCUT2D eigenvalue weighted by Crippen LogP contribution is -2.06. The molecule has 3 N–H and O–H groups in total. The molecule has 1 unspecified atom stereocenters. The molecule has 0 aliphatic rings. The first-order valence-electron chi connectivity index (χ1n) is 6.24. The number of fused-ring (bicyclic) bond motifs is 1. The molecule has 2 aromatic heterocycles. The SMILES string of the molecule is CONc1cnc2c(ccn2S(=O)c2ccccc2)c1N. The minimum Gasteiger partial charge on any atom is -0.396 e. The number of hydrogen-bond acceptors (Lipinski definition) is 5. The van der Waals surface area contributed by atoms with Gasteiger partial charge in [-0.15, -0.1) is 0 Å². The summed E-state index contributed by atoms with van der Waals surface area (Å²) in [4.78, 5) is 9.86. The minimum atomic E-state index is -1.36. The van der Waals surface area contributed by atoms with Gasteiger partial charge >= 0.3 is 0 Å². The van der Waals surface area contributed by atoms with Crippen molar-refractivity contribution in [2.45, 2.75) is 4.90 Å². The molecule has 7 heteroatoms. The van der Waals surface area contributed by atoms with E-state index >= 15 is 0 Å². The number of rotatable bonds is 4. The fourth-order valence-electron chi connectivity index (χ4n) is 2.06. The molecule has 6 nitrogen and oxygen atoms in total. The van der Waals surface area contributed by atoms with Crippen LogP contribution in [0.1, 0.15) is 0 Å². The van der Waals surface area contributed by atoms with Crippen LogP contribution in [-0.2, 0) is 15.8 Å². The van der Waals surface area contributed by atoms with Crippen LogP contribution in [0.3, 0.4) is 0 Å². The summed E-state index contributed by atoms with van der Waals surface area (Å²) in [6.07, 6.45) is 3.27. The molecule has 0 aliphatic carbocycles. The zero-order valence-corrected chi connectivity index (χ0v) is 12.1. The predicted octanol–water partition coefficient (Wildman–Crippen LogP) is 2.16. The van der Waals surface area contributed by atoms with Crippen molar-refractivity contribution < 1.29 is 9.05 Å². The lowest BCUT2D eigenvalue weighted by Gasteiger charge is -2.08. The van der Waals surface area contributed by atoms with Crippen LogP contribution in [-0.4, -0.2) is 20.3 Å². The van der Waals surface area contributed by atoms with Gasteiger partial charge in [0.1, 0.15) is 5.69 Å². The van der Waals surface area contributed by atoms with Gasteiger partial charge in [-0.25, -0.2) is 13.2 Å². The molecule has 0 aliphatic heterocycles. The third-order valence-corrected chi connectivity index (χ3v) is 4.39. The van der Waals surface area contributed by atoms with Crippen molar-refractivity contribution in [3.8, 4) is 0 Å². The lowest BCUT2D eigenvalue weighted by atomic mass is 10.2. The summed E-state index contributed by atoms with van der Waals surface area (Å²) in [7, 11) is 0.137. The van der Waals surface area contributed by atoms with Crippen LogP contribution < -0.4 is 11.2 Å². The second kappa shape index (κ2) is 5.55. The molecule has 0 amide bonds. The van der Waals surface area contributed by atoms with Crippen LogP contribution in [0.4, 0.5) is 11.4 Å². The number of aromatic nitrogens is 2. The van der Waals surface area contributed by atoms with Gasteiger partial charge in [0.25, 0.3) is 0 Å². The molecule has 108 valence electrons. The first kappa shape index (κ1) is 13.6. The lowest BCUT2D eigenvalue weighted by molar-refractivity contribution is 0.271. The first-order valence-corrected chi connectivity index (χ1v) is 7.35. The van der Waals surface area contributed by atoms with Crippen LogP contribution in [0, 0.1) is 0 Å². The number of nitrogen functional groups attached to an aromatic ring is 1. The fourth-order valence-corrected chi connectivity index (χ4v) is 3.15. The topological polar surface area (TPSA) is 82.2 Å². The van der Waals surface area contributed by atoms with Crippen molar-refractivity contribution >= 4 is 33.4 Å². The predicted molar refractivity (Wildman–Crippen MR) is 83.0 cm³/mol. The molecule has 1 atom stereocenters. The van der Waals surface area contributed by atoms with Gasteiger partial charge in [0.15, 0.2) is 16.6 Å². The summed E-state index contributed by atoms with van der Waals surface area (Å²) in [5.41, 5.74) is 10.4. The van der Waals surface area contributed by atoms with Crippen LogP contribution >= 0.6 is 0 Å². The van der Waals surface area contributed by atoms with E-state index in [9.17, 15) is 4.21 Å². The monoisotopic (exact) mass is 302 g/mol. The number of nitrogens with two attached hydrogens (primary N) is 1. The Morgan fingerprint density at radius 3 is 2.76 bits per heavy atom. The Balaban J connectivity index is 2.09. The number of pyridine rings is 1. The maximum atomic E-state index is 12.6. The molecule has 0 fully saturated rings. The maximum absolute atomic E-state index is 12.6. The number of anilines is 2. The molecular weight excluding hydrogens is 288 g/mol. The summed E-state index contributed by atoms with van der Waals surface area (Å²) in [5.74, 6) is 0. The van der Waals surface area contributed by atoms with Gasteiger partial charge in [-0.1, -0.05) is 18.2 Å². The molecule has 3 aromatic rings. The highest BCUT2D eigenvalue weighted by atomic mass is 32.2. The largest absolute Gasteiger partial charge is 0.396 e. The molecule has 0 radical (unpaired) electrons. The number of hydrogen-bond donors (Lipinski definition) is 2. The second-order valence-corrected chi connectivity index (χ2v) is 5.70. The van der Waals surface area contributed by atoms with Crippen LogP contribution in [0.2, 0.25) is 0 Å². The van der Waals surface area contributed by atoms with E-state index < -0.39 is 11.0 Å². The van der Waals surface area contributed by atoms with Gasteiger partial charge < -0.3 is 5.73 Å². The molecule has 21 heavy (non-hydrogen) atoms. The van der Waals surface area contributed by atoms with Crippen molar-refractivity contribution in [1.29, 1.82) is 0 Å². The summed E-state index contributed by atoms with van der Waals surface area (Å²) in [6, 6.07) is 11.0. The zero-order chi connectivity index (χ0) is 14.8. The average molecular weight is 302 g/mol. The molecule has 0 bridgehead atoms. The van der Waals surface area contributed by atoms with E-state index in [0.717, 1.165) is 5.39 Å². The summed E-state index contributed by atoms with van der Waals surface area (Å²) in [5, 5.41) is 0.723. The van der Waals surface area contributed by atoms with E-state index in [-0.39, 0.29) is 0 Å². The van der Waals surface area contributed by atoms with Crippen LogP contribution in [0.25, 0.3) is 11.0 Å². The molecular formula is C14H14N4O2S. The summed E-state index contributed by atoms with van der Waals surface area (Å²) in [6.45, 7) is 0. The van der Waals surface area contributed by atoms with E-state index in [1.54, 1.807) is 22.4 Å². The third kappa shape index (κ3) is 2.37. The Hall–Kier alpha value is -2.38. The fraction of sp³-hybridized carbons (Fsp3) is 0.0714. The van der Waals surface area contributed by atoms with Crippen LogP contribution in [0.15, 0.2) is 53.7 Å². The second-order valence-electron chi connectivity index (χ2n) is 4.33. The van der Waals surface area contributed by atoms with Gasteiger partial charge in [0.2, 0.25) is 0 Å². The Bertz CT molecular complexity index is 801. The van der Waals surface area contributed by atoms with E-state index in [2.05, 4.69) is 10.5 Å². The van der Waals surface area contributed by atoms with E-state index in [1.807, 2.05) is 30.3 Å². The molecule has 2 heterocycles. The summed E-state index contributed by atoms with van der Waals surface area (Å²) >= 11 is 0. The number of benzene rings is 1. The minimum absolute atomic E-state index is 0.505. The van der Waals surface area contributed by atoms with Crippen molar-refractivity contribution in [1.82, 2.24) is 8.96 Å². The maximum Gasteiger partial charge on any atom is 0.158 e. The number of nitrogens with one attached hydrogen (secondary N) is 1. The molecule has 0 saturated carbocycles. The Morgan fingerprint density at radius 1 is 1.29 bits per heavy atom. The Kier molecular flexibility index (Phi) is 3.59. The highest BCUT2D eigenvalue weighted by Gasteiger charge is 2.14. The van der Waals surface area contributed by atoms with Crippen molar-refractivity contribution in [2.24, 2.45) is 0 Å². The highest BCUT2D eigenvalue weighted by Crippen LogP contribution is 2.28. The smallest absolute Gasteiger partial charge is 0.158 e. The first-order chi connectivity index (χ1) is 10.2. The van der Waals surface area contributed by atoms with Crippen molar-refractivity contribution in [3.63, 3.8) is 0 Å². The molecule has 0 spiro atoms. The van der Waals surface area contributed by atoms with E-state index in [1.165, 1.54) is 7.11 Å². The van der Waals surface area contributed by atoms with Crippen molar-refractivity contribution in [2.75, 3.05) is 18.3 Å². The Morgan fingerprint density at radius 2 is 2.05 bits per heavy atom. The zero-order valence-electron chi connectivity index (χ0n) is 11.3. The van der Waals surface area contributed by atoms with E-state index in [4.69, 9.17) is 10.6 Å². The molecule has 0 saturated heterocycles. The molecule has 1 aromatic carbocycles. The van der Waals surface area contributed by atoms with Gasteiger partial charge in [0.05, 0.1) is 23.9 Å². The van der Waals surface area contributed by atoms with Gasteiger partial charge in [-0.2, -0.15) is 0 Å². The molecule has 3 rings (SSSR count). The van der Waals surface area contributed by atoms with Gasteiger partial charge in [-0.05, 0) is 18.2 Å². The highest BCUT2D eigenvalue weighted by molar-refractivity contribution is 7.83. The van der Waals surface area contributed by atoms with Gasteiger partial charge in [0, 0.05) is 11.6 Å². The van der Waals surface area contributed by atoms with Crippen molar-refractivity contribution in [3.05, 3.63) is 48.8 Å². The van der Waals surface area contributed by atoms with E-state index in [0.29, 0.717) is 21.9 Å². The van der Waals surface area contributed by atoms with Gasteiger partial charge in [-0.3, -0.25) is 10.3 Å². The quantitative estimate of drug-likeness (QED) is 0.722. The summed E-state index contributed by atoms with van der Waals surface area (Å²) < 4.78 is 14.2. The average Bonchev–Trinajstić information content (AvgIpc) is 2.95. The Labute approximate surface area is 124 Å². The number of nitrogens with zero attached hydrogens (tertiary/aromatic N) is 2. The standard InChI is InChI=1S/C14H14N4O2S/c1-20-17-12-9-16-14-11(13(12)15)7-8-18(14)21(19)10-5-3-2-4-6-10/h2-9,17H,1H3,(H2,15,16).